The van der Waals surface area contributed by atoms with E-state index in [0.717, 1.165) is 0 Å². The Morgan fingerprint density at radius 2 is 1.38 bits per heavy atom. The summed E-state index contributed by atoms with van der Waals surface area (Å²) in [5, 5.41) is 0. The van der Waals surface area contributed by atoms with Crippen molar-refractivity contribution in [2.75, 3.05) is 0 Å². The monoisotopic (exact) mass is 280 g/mol. The molecule has 112 valence electrons. The van der Waals surface area contributed by atoms with Crippen molar-refractivity contribution in [3.05, 3.63) is 71.8 Å². The smallest absolute Gasteiger partial charge is 0.0101 e. The molecule has 0 saturated carbocycles. The lowest BCUT2D eigenvalue weighted by molar-refractivity contribution is 0.314. The Morgan fingerprint density at radius 1 is 0.857 bits per heavy atom. The van der Waals surface area contributed by atoms with Crippen LogP contribution in [0.25, 0.3) is 0 Å². The van der Waals surface area contributed by atoms with E-state index in [0.29, 0.717) is 11.8 Å². The Kier molecular flexibility index (Phi) is 5.22. The van der Waals surface area contributed by atoms with Crippen molar-refractivity contribution in [3.63, 3.8) is 0 Å². The molecule has 2 atom stereocenters. The van der Waals surface area contributed by atoms with Crippen LogP contribution in [0.3, 0.4) is 0 Å². The summed E-state index contributed by atoms with van der Waals surface area (Å²) < 4.78 is 0. The van der Waals surface area contributed by atoms with Gasteiger partial charge in [0.15, 0.2) is 0 Å². The second-order valence-corrected chi connectivity index (χ2v) is 6.82. The van der Waals surface area contributed by atoms with Gasteiger partial charge in [-0.05, 0) is 34.8 Å². The number of hydrogen-bond acceptors (Lipinski definition) is 0. The lowest BCUT2D eigenvalue weighted by atomic mass is 9.71. The topological polar surface area (TPSA) is 0 Å². The third-order valence-electron chi connectivity index (χ3n) is 4.88. The van der Waals surface area contributed by atoms with Crippen LogP contribution in [0.4, 0.5) is 0 Å². The van der Waals surface area contributed by atoms with Crippen molar-refractivity contribution in [3.8, 4) is 0 Å². The highest BCUT2D eigenvalue weighted by molar-refractivity contribution is 5.25. The van der Waals surface area contributed by atoms with Crippen LogP contribution in [0.5, 0.6) is 0 Å². The van der Waals surface area contributed by atoms with E-state index < -0.39 is 0 Å². The lowest BCUT2D eigenvalue weighted by Crippen LogP contribution is -2.24. The third-order valence-corrected chi connectivity index (χ3v) is 4.88. The maximum atomic E-state index is 2.38. The van der Waals surface area contributed by atoms with Gasteiger partial charge in [0, 0.05) is 0 Å². The zero-order valence-corrected chi connectivity index (χ0v) is 13.8. The molecule has 0 amide bonds. The Hall–Kier alpha value is -1.56. The SMILES string of the molecule is CCC(CC(C)(C)c1ccccc1)C(C)c1ccccc1. The summed E-state index contributed by atoms with van der Waals surface area (Å²) in [6, 6.07) is 21.9. The molecule has 21 heavy (non-hydrogen) atoms. The van der Waals surface area contributed by atoms with Crippen molar-refractivity contribution in [2.24, 2.45) is 5.92 Å². The molecule has 0 N–H and O–H groups in total. The summed E-state index contributed by atoms with van der Waals surface area (Å²) >= 11 is 0. The van der Waals surface area contributed by atoms with Gasteiger partial charge in [0.05, 0.1) is 0 Å². The van der Waals surface area contributed by atoms with Crippen LogP contribution in [0, 0.1) is 5.92 Å². The maximum Gasteiger partial charge on any atom is -0.0101 e. The molecule has 2 rings (SSSR count). The molecular weight excluding hydrogens is 252 g/mol. The van der Waals surface area contributed by atoms with Crippen molar-refractivity contribution < 1.29 is 0 Å². The molecule has 0 aliphatic heterocycles. The minimum atomic E-state index is 0.227. The van der Waals surface area contributed by atoms with E-state index in [-0.39, 0.29) is 5.41 Å². The predicted molar refractivity (Wildman–Crippen MR) is 92.7 cm³/mol. The Bertz CT molecular complexity index is 524. The molecule has 0 fully saturated rings. The highest BCUT2D eigenvalue weighted by Gasteiger charge is 2.27. The summed E-state index contributed by atoms with van der Waals surface area (Å²) in [7, 11) is 0. The first-order chi connectivity index (χ1) is 10.0. The van der Waals surface area contributed by atoms with Gasteiger partial charge in [0.25, 0.3) is 0 Å². The predicted octanol–water partition coefficient (Wildman–Crippen LogP) is 6.18. The summed E-state index contributed by atoms with van der Waals surface area (Å²) in [6.45, 7) is 9.46. The summed E-state index contributed by atoms with van der Waals surface area (Å²) in [6.07, 6.45) is 2.45. The molecule has 0 heteroatoms. The van der Waals surface area contributed by atoms with E-state index in [4.69, 9.17) is 0 Å². The molecule has 2 unspecified atom stereocenters. The van der Waals surface area contributed by atoms with Crippen LogP contribution >= 0.6 is 0 Å². The second kappa shape index (κ2) is 6.93. The van der Waals surface area contributed by atoms with Crippen molar-refractivity contribution in [2.45, 2.75) is 51.9 Å². The zero-order valence-electron chi connectivity index (χ0n) is 13.8. The van der Waals surface area contributed by atoms with Crippen LogP contribution in [-0.2, 0) is 5.41 Å². The number of benzene rings is 2. The number of rotatable bonds is 6. The molecule has 0 aromatic heterocycles. The van der Waals surface area contributed by atoms with Crippen LogP contribution in [0.2, 0.25) is 0 Å². The first-order valence-electron chi connectivity index (χ1n) is 8.15. The molecule has 0 spiro atoms. The van der Waals surface area contributed by atoms with Crippen molar-refractivity contribution in [1.29, 1.82) is 0 Å². The molecule has 2 aromatic carbocycles. The maximum absolute atomic E-state index is 2.38. The van der Waals surface area contributed by atoms with E-state index in [1.165, 1.54) is 24.0 Å². The largest absolute Gasteiger partial charge is 0.0651 e. The van der Waals surface area contributed by atoms with Gasteiger partial charge in [0.1, 0.15) is 0 Å². The number of hydrogen-bond donors (Lipinski definition) is 0. The van der Waals surface area contributed by atoms with E-state index in [9.17, 15) is 0 Å². The first-order valence-corrected chi connectivity index (χ1v) is 8.15. The standard InChI is InChI=1S/C21H28/c1-5-18(17(2)19-12-8-6-9-13-19)16-21(3,4)20-14-10-7-11-15-20/h6-15,17-18H,5,16H2,1-4H3. The van der Waals surface area contributed by atoms with Gasteiger partial charge < -0.3 is 0 Å². The third kappa shape index (κ3) is 3.97. The van der Waals surface area contributed by atoms with Gasteiger partial charge in [-0.1, -0.05) is 94.8 Å². The van der Waals surface area contributed by atoms with Gasteiger partial charge in [-0.15, -0.1) is 0 Å². The molecule has 0 nitrogen and oxygen atoms in total. The lowest BCUT2D eigenvalue weighted by Gasteiger charge is -2.33. The van der Waals surface area contributed by atoms with Gasteiger partial charge in [0.2, 0.25) is 0 Å². The van der Waals surface area contributed by atoms with Crippen LogP contribution in [0.1, 0.15) is 57.6 Å². The minimum absolute atomic E-state index is 0.227. The Labute approximate surface area is 130 Å². The molecular formula is C21H28. The fourth-order valence-electron chi connectivity index (χ4n) is 3.37. The average molecular weight is 280 g/mol. The fourth-order valence-corrected chi connectivity index (χ4v) is 3.37. The van der Waals surface area contributed by atoms with E-state index >= 15 is 0 Å². The quantitative estimate of drug-likeness (QED) is 0.592. The zero-order chi connectivity index (χ0) is 15.3. The Balaban J connectivity index is 2.15. The summed E-state index contributed by atoms with van der Waals surface area (Å²) in [5.74, 6) is 1.32. The molecule has 0 aliphatic rings. The normalized spacial score (nSPS) is 14.7. The van der Waals surface area contributed by atoms with Crippen molar-refractivity contribution in [1.82, 2.24) is 0 Å². The second-order valence-electron chi connectivity index (χ2n) is 6.82. The summed E-state index contributed by atoms with van der Waals surface area (Å²) in [5.41, 5.74) is 3.14. The molecule has 0 aliphatic carbocycles. The minimum Gasteiger partial charge on any atom is -0.0651 e. The van der Waals surface area contributed by atoms with E-state index in [1.54, 1.807) is 0 Å². The van der Waals surface area contributed by atoms with Gasteiger partial charge in [-0.25, -0.2) is 0 Å². The molecule has 0 bridgehead atoms. The molecule has 0 saturated heterocycles. The molecule has 2 aromatic rings. The van der Waals surface area contributed by atoms with Gasteiger partial charge >= 0.3 is 0 Å². The van der Waals surface area contributed by atoms with E-state index in [2.05, 4.69) is 88.4 Å². The Morgan fingerprint density at radius 3 is 1.90 bits per heavy atom. The highest BCUT2D eigenvalue weighted by Crippen LogP contribution is 2.38. The highest BCUT2D eigenvalue weighted by atomic mass is 14.3. The summed E-state index contributed by atoms with van der Waals surface area (Å²) in [4.78, 5) is 0. The first kappa shape index (κ1) is 15.8. The van der Waals surface area contributed by atoms with Crippen LogP contribution < -0.4 is 0 Å². The fraction of sp³-hybridized carbons (Fsp3) is 0.429. The van der Waals surface area contributed by atoms with Crippen LogP contribution in [-0.4, -0.2) is 0 Å². The average Bonchev–Trinajstić information content (AvgIpc) is 2.53. The molecule has 0 heterocycles. The van der Waals surface area contributed by atoms with Gasteiger partial charge in [-0.2, -0.15) is 0 Å². The van der Waals surface area contributed by atoms with Crippen molar-refractivity contribution >= 4 is 0 Å². The van der Waals surface area contributed by atoms with Crippen LogP contribution in [0.15, 0.2) is 60.7 Å². The molecule has 0 radical (unpaired) electrons. The van der Waals surface area contributed by atoms with E-state index in [1.807, 2.05) is 0 Å². The van der Waals surface area contributed by atoms with Gasteiger partial charge in [-0.3, -0.25) is 0 Å².